The molecule has 0 spiro atoms. The van der Waals surface area contributed by atoms with Gasteiger partial charge < -0.3 is 15.2 Å². The van der Waals surface area contributed by atoms with Gasteiger partial charge in [-0.15, -0.1) is 0 Å². The number of hydrogen-bond acceptors (Lipinski definition) is 3. The smallest absolute Gasteiger partial charge is 0.388 e. The van der Waals surface area contributed by atoms with Gasteiger partial charge in [0.25, 0.3) is 5.91 Å². The van der Waals surface area contributed by atoms with Gasteiger partial charge in [-0.05, 0) is 37.5 Å². The summed E-state index contributed by atoms with van der Waals surface area (Å²) in [7, 11) is 1.48. The first-order valence-corrected chi connectivity index (χ1v) is 7.02. The number of ether oxygens (including phenoxy) is 1. The molecule has 2 rings (SSSR count). The van der Waals surface area contributed by atoms with Gasteiger partial charge in [0.05, 0.1) is 17.7 Å². The number of hydrogen-bond donors (Lipinski definition) is 2. The van der Waals surface area contributed by atoms with E-state index >= 15 is 0 Å². The average molecular weight is 317 g/mol. The molecule has 4 nitrogen and oxygen atoms in total. The predicted molar refractivity (Wildman–Crippen MR) is 73.4 cm³/mol. The van der Waals surface area contributed by atoms with E-state index in [4.69, 9.17) is 4.74 Å². The number of carbonyl (C=O) groups excluding carboxylic acids is 1. The second-order valence-corrected chi connectivity index (χ2v) is 5.35. The van der Waals surface area contributed by atoms with E-state index in [1.165, 1.54) is 19.2 Å². The van der Waals surface area contributed by atoms with Crippen LogP contribution in [0.25, 0.3) is 0 Å². The molecule has 0 saturated heterocycles. The number of nitrogens with one attached hydrogen (secondary N) is 1. The Kier molecular flexibility index (Phi) is 5.08. The van der Waals surface area contributed by atoms with Crippen molar-refractivity contribution in [3.63, 3.8) is 0 Å². The van der Waals surface area contributed by atoms with Crippen molar-refractivity contribution in [2.45, 2.75) is 43.7 Å². The molecule has 122 valence electrons. The number of rotatable bonds is 3. The van der Waals surface area contributed by atoms with Crippen LogP contribution in [0.3, 0.4) is 0 Å². The molecule has 0 unspecified atom stereocenters. The molecule has 0 aliphatic heterocycles. The lowest BCUT2D eigenvalue weighted by Gasteiger charge is -2.34. The third-order valence-corrected chi connectivity index (χ3v) is 3.87. The Balaban J connectivity index is 2.09. The number of alkyl halides is 3. The molecule has 7 heteroatoms. The predicted octanol–water partition coefficient (Wildman–Crippen LogP) is 2.36. The van der Waals surface area contributed by atoms with Crippen molar-refractivity contribution >= 4 is 5.91 Å². The summed E-state index contributed by atoms with van der Waals surface area (Å²) in [5.41, 5.74) is -0.958. The van der Waals surface area contributed by atoms with Crippen LogP contribution in [0.5, 0.6) is 0 Å². The molecule has 1 saturated carbocycles. The molecule has 0 bridgehead atoms. The van der Waals surface area contributed by atoms with Crippen molar-refractivity contribution in [3.05, 3.63) is 35.4 Å². The minimum absolute atomic E-state index is 0.0819. The van der Waals surface area contributed by atoms with E-state index in [1.54, 1.807) is 0 Å². The highest BCUT2D eigenvalue weighted by molar-refractivity contribution is 5.94. The molecule has 0 aromatic heterocycles. The number of aliphatic hydroxyl groups excluding tert-OH is 1. The first kappa shape index (κ1) is 16.8. The number of methoxy groups -OCH3 is 1. The van der Waals surface area contributed by atoms with Gasteiger partial charge in [-0.25, -0.2) is 0 Å². The molecule has 1 aromatic carbocycles. The molecule has 1 aliphatic carbocycles. The van der Waals surface area contributed by atoms with Crippen LogP contribution < -0.4 is 5.32 Å². The fourth-order valence-corrected chi connectivity index (χ4v) is 2.64. The molecule has 0 radical (unpaired) electrons. The van der Waals surface area contributed by atoms with Gasteiger partial charge in [0.15, 0.2) is 0 Å². The van der Waals surface area contributed by atoms with E-state index in [1.807, 2.05) is 0 Å². The van der Waals surface area contributed by atoms with Crippen molar-refractivity contribution in [2.75, 3.05) is 7.11 Å². The zero-order valence-corrected chi connectivity index (χ0v) is 12.1. The van der Waals surface area contributed by atoms with Gasteiger partial charge in [-0.1, -0.05) is 6.07 Å². The van der Waals surface area contributed by atoms with Crippen LogP contribution in [-0.4, -0.2) is 36.4 Å². The summed E-state index contributed by atoms with van der Waals surface area (Å²) in [5, 5.41) is 12.7. The lowest BCUT2D eigenvalue weighted by Crippen LogP contribution is -2.51. The SMILES string of the molecule is CO[C@@H]1CCC[C@@H](NC(=O)c2cccc(C(F)(F)F)c2)[C@H]1O. The molecule has 3 atom stereocenters. The molecule has 1 fully saturated rings. The molecule has 2 N–H and O–H groups in total. The Labute approximate surface area is 126 Å². The van der Waals surface area contributed by atoms with E-state index in [9.17, 15) is 23.1 Å². The summed E-state index contributed by atoms with van der Waals surface area (Å²) < 4.78 is 43.1. The maximum Gasteiger partial charge on any atom is 0.416 e. The third kappa shape index (κ3) is 3.78. The molecule has 1 aromatic rings. The second-order valence-electron chi connectivity index (χ2n) is 5.35. The highest BCUT2D eigenvalue weighted by atomic mass is 19.4. The van der Waals surface area contributed by atoms with Gasteiger partial charge in [-0.3, -0.25) is 4.79 Å². The Morgan fingerprint density at radius 1 is 1.36 bits per heavy atom. The Bertz CT molecular complexity index is 533. The van der Waals surface area contributed by atoms with Gasteiger partial charge in [0.1, 0.15) is 6.10 Å². The van der Waals surface area contributed by atoms with Crippen LogP contribution >= 0.6 is 0 Å². The maximum atomic E-state index is 12.7. The molecule has 1 amide bonds. The van der Waals surface area contributed by atoms with Crippen molar-refractivity contribution < 1.29 is 27.8 Å². The number of amides is 1. The fraction of sp³-hybridized carbons (Fsp3) is 0.533. The summed E-state index contributed by atoms with van der Waals surface area (Å²) >= 11 is 0. The minimum Gasteiger partial charge on any atom is -0.388 e. The first-order chi connectivity index (χ1) is 10.3. The standard InChI is InChI=1S/C15H18F3NO3/c1-22-12-7-3-6-11(13(12)20)19-14(21)9-4-2-5-10(8-9)15(16,17)18/h2,4-5,8,11-13,20H,3,6-7H2,1H3,(H,19,21)/t11-,12-,13-/m1/s1. The second kappa shape index (κ2) is 6.66. The van der Waals surface area contributed by atoms with Crippen molar-refractivity contribution in [3.8, 4) is 0 Å². The van der Waals surface area contributed by atoms with Crippen molar-refractivity contribution in [2.24, 2.45) is 0 Å². The van der Waals surface area contributed by atoms with E-state index in [2.05, 4.69) is 5.32 Å². The topological polar surface area (TPSA) is 58.6 Å². The number of halogens is 3. The van der Waals surface area contributed by atoms with E-state index in [-0.39, 0.29) is 11.7 Å². The van der Waals surface area contributed by atoms with Gasteiger partial charge >= 0.3 is 6.18 Å². The molecule has 22 heavy (non-hydrogen) atoms. The summed E-state index contributed by atoms with van der Waals surface area (Å²) in [5.74, 6) is -0.632. The normalized spacial score (nSPS) is 25.8. The van der Waals surface area contributed by atoms with Gasteiger partial charge in [0, 0.05) is 12.7 Å². The van der Waals surface area contributed by atoms with E-state index in [0.29, 0.717) is 12.8 Å². The van der Waals surface area contributed by atoms with E-state index in [0.717, 1.165) is 18.6 Å². The highest BCUT2D eigenvalue weighted by Crippen LogP contribution is 2.29. The average Bonchev–Trinajstić information content (AvgIpc) is 2.48. The largest absolute Gasteiger partial charge is 0.416 e. The Morgan fingerprint density at radius 3 is 2.73 bits per heavy atom. The third-order valence-electron chi connectivity index (χ3n) is 3.87. The van der Waals surface area contributed by atoms with E-state index < -0.39 is 29.8 Å². The van der Waals surface area contributed by atoms with Crippen molar-refractivity contribution in [1.29, 1.82) is 0 Å². The fourth-order valence-electron chi connectivity index (χ4n) is 2.64. The van der Waals surface area contributed by atoms with Crippen LogP contribution in [0, 0.1) is 0 Å². The quantitative estimate of drug-likeness (QED) is 0.900. The monoisotopic (exact) mass is 317 g/mol. The Morgan fingerprint density at radius 2 is 2.09 bits per heavy atom. The molecular formula is C15H18F3NO3. The summed E-state index contributed by atoms with van der Waals surface area (Å²) in [6.07, 6.45) is -3.72. The van der Waals surface area contributed by atoms with Crippen LogP contribution in [0.15, 0.2) is 24.3 Å². The van der Waals surface area contributed by atoms with Crippen LogP contribution in [0.4, 0.5) is 13.2 Å². The lowest BCUT2D eigenvalue weighted by atomic mass is 9.89. The zero-order valence-electron chi connectivity index (χ0n) is 12.1. The highest BCUT2D eigenvalue weighted by Gasteiger charge is 2.34. The van der Waals surface area contributed by atoms with Gasteiger partial charge in [-0.2, -0.15) is 13.2 Å². The lowest BCUT2D eigenvalue weighted by molar-refractivity contribution is -0.137. The van der Waals surface area contributed by atoms with Crippen LogP contribution in [0.1, 0.15) is 35.2 Å². The molecule has 0 heterocycles. The van der Waals surface area contributed by atoms with Gasteiger partial charge in [0.2, 0.25) is 0 Å². The Hall–Kier alpha value is -1.60. The summed E-state index contributed by atoms with van der Waals surface area (Å²) in [6.45, 7) is 0. The summed E-state index contributed by atoms with van der Waals surface area (Å²) in [6, 6.07) is 3.69. The van der Waals surface area contributed by atoms with Crippen molar-refractivity contribution in [1.82, 2.24) is 5.32 Å². The number of aliphatic hydroxyl groups is 1. The maximum absolute atomic E-state index is 12.7. The number of benzene rings is 1. The summed E-state index contributed by atoms with van der Waals surface area (Å²) in [4.78, 5) is 12.1. The van der Waals surface area contributed by atoms with Crippen LogP contribution in [0.2, 0.25) is 0 Å². The minimum atomic E-state index is -4.50. The first-order valence-electron chi connectivity index (χ1n) is 7.02. The molecule has 1 aliphatic rings. The van der Waals surface area contributed by atoms with Crippen LogP contribution in [-0.2, 0) is 10.9 Å². The molecular weight excluding hydrogens is 299 g/mol. The zero-order chi connectivity index (χ0) is 16.3. The number of carbonyl (C=O) groups is 1.